The molecule has 1 aromatic heterocycles. The van der Waals surface area contributed by atoms with Gasteiger partial charge in [-0.1, -0.05) is 32.9 Å². The third-order valence-electron chi connectivity index (χ3n) is 10.1. The number of nitrogens with one attached hydrogen (secondary N) is 3. The maximum atomic E-state index is 5.45. The van der Waals surface area contributed by atoms with Crippen LogP contribution in [0, 0.1) is 23.2 Å². The number of rotatable bonds is 5. The molecule has 5 aliphatic rings. The largest absolute Gasteiger partial charge is 0.497 e. The van der Waals surface area contributed by atoms with Crippen molar-refractivity contribution in [3.05, 3.63) is 59.4 Å². The van der Waals surface area contributed by atoms with Gasteiger partial charge in [-0.3, -0.25) is 15.3 Å². The van der Waals surface area contributed by atoms with Crippen LogP contribution in [0.25, 0.3) is 6.08 Å². The van der Waals surface area contributed by atoms with Crippen molar-refractivity contribution >= 4 is 17.9 Å². The smallest absolute Gasteiger partial charge is 0.211 e. The monoisotopic (exact) mass is 529 g/mol. The molecular weight excluding hydrogens is 486 g/mol. The summed E-state index contributed by atoms with van der Waals surface area (Å²) in [4.78, 5) is 11.9. The van der Waals surface area contributed by atoms with E-state index in [1.807, 2.05) is 24.5 Å². The van der Waals surface area contributed by atoms with Gasteiger partial charge in [0.2, 0.25) is 5.96 Å². The van der Waals surface area contributed by atoms with E-state index >= 15 is 0 Å². The summed E-state index contributed by atoms with van der Waals surface area (Å²) in [7, 11) is 3.51. The van der Waals surface area contributed by atoms with Crippen LogP contribution in [-0.4, -0.2) is 67.2 Å². The van der Waals surface area contributed by atoms with Gasteiger partial charge in [-0.2, -0.15) is 0 Å². The molecule has 2 aromatic rings. The Labute approximate surface area is 232 Å². The lowest BCUT2D eigenvalue weighted by Gasteiger charge is -2.64. The van der Waals surface area contributed by atoms with Crippen molar-refractivity contribution < 1.29 is 4.74 Å². The zero-order valence-corrected chi connectivity index (χ0v) is 23.9. The average Bonchev–Trinajstić information content (AvgIpc) is 2.96. The molecule has 2 bridgehead atoms. The number of guanidine groups is 1. The maximum absolute atomic E-state index is 5.45. The summed E-state index contributed by atoms with van der Waals surface area (Å²) in [5.74, 6) is 4.93. The van der Waals surface area contributed by atoms with Gasteiger partial charge in [-0.15, -0.1) is 0 Å². The fraction of sp³-hybridized carbons (Fsp3) is 0.548. The van der Waals surface area contributed by atoms with Crippen molar-refractivity contribution in [2.45, 2.75) is 45.7 Å². The molecule has 8 heteroatoms. The fourth-order valence-corrected chi connectivity index (χ4v) is 7.51. The number of aromatic nitrogens is 1. The third kappa shape index (κ3) is 4.89. The highest BCUT2D eigenvalue weighted by Crippen LogP contribution is 2.62. The number of ether oxygens (including phenoxy) is 1. The zero-order chi connectivity index (χ0) is 27.1. The maximum Gasteiger partial charge on any atom is 0.211 e. The molecule has 3 aliphatic carbocycles. The highest BCUT2D eigenvalue weighted by molar-refractivity contribution is 5.92. The van der Waals surface area contributed by atoms with Crippen LogP contribution in [0.2, 0.25) is 0 Å². The Balaban J connectivity index is 1.03. The summed E-state index contributed by atoms with van der Waals surface area (Å²) in [5.41, 5.74) is 7.50. The molecule has 3 heterocycles. The first-order valence-corrected chi connectivity index (χ1v) is 14.4. The van der Waals surface area contributed by atoms with Gasteiger partial charge >= 0.3 is 0 Å². The highest BCUT2D eigenvalue weighted by Gasteiger charge is 2.57. The number of anilines is 1. The number of benzene rings is 1. The number of nitrogens with zero attached hydrogens (tertiary/aromatic N) is 4. The summed E-state index contributed by atoms with van der Waals surface area (Å²) >= 11 is 0. The van der Waals surface area contributed by atoms with Crippen molar-refractivity contribution in [3.63, 3.8) is 0 Å². The van der Waals surface area contributed by atoms with Crippen LogP contribution in [0.5, 0.6) is 5.75 Å². The first-order valence-electron chi connectivity index (χ1n) is 14.4. The predicted molar refractivity (Wildman–Crippen MR) is 157 cm³/mol. The Kier molecular flexibility index (Phi) is 7.02. The molecule has 5 unspecified atom stereocenters. The molecule has 39 heavy (non-hydrogen) atoms. The lowest BCUT2D eigenvalue weighted by Crippen LogP contribution is -2.64. The van der Waals surface area contributed by atoms with Crippen molar-refractivity contribution in [1.82, 2.24) is 25.6 Å². The van der Waals surface area contributed by atoms with E-state index in [9.17, 15) is 0 Å². The van der Waals surface area contributed by atoms with Gasteiger partial charge in [0.1, 0.15) is 11.6 Å². The van der Waals surface area contributed by atoms with Gasteiger partial charge in [0.25, 0.3) is 0 Å². The van der Waals surface area contributed by atoms with E-state index in [-0.39, 0.29) is 6.04 Å². The van der Waals surface area contributed by atoms with E-state index < -0.39 is 0 Å². The number of aliphatic imine (C=N–C) groups is 1. The van der Waals surface area contributed by atoms with Crippen LogP contribution in [-0.2, 0) is 0 Å². The van der Waals surface area contributed by atoms with Crippen molar-refractivity contribution in [2.24, 2.45) is 28.2 Å². The highest BCUT2D eigenvalue weighted by atomic mass is 16.5. The molecule has 208 valence electrons. The summed E-state index contributed by atoms with van der Waals surface area (Å²) in [5, 5.41) is 9.11. The van der Waals surface area contributed by atoms with Crippen LogP contribution in [0.3, 0.4) is 0 Å². The van der Waals surface area contributed by atoms with Gasteiger partial charge in [-0.05, 0) is 83.2 Å². The quantitative estimate of drug-likeness (QED) is 0.393. The molecule has 7 rings (SSSR count). The first-order chi connectivity index (χ1) is 18.9. The van der Waals surface area contributed by atoms with Crippen LogP contribution < -0.4 is 20.8 Å². The fourth-order valence-electron chi connectivity index (χ4n) is 7.51. The Hall–Kier alpha value is -3.10. The van der Waals surface area contributed by atoms with E-state index in [2.05, 4.69) is 76.0 Å². The van der Waals surface area contributed by atoms with Crippen LogP contribution in [0.15, 0.2) is 47.7 Å². The Bertz CT molecular complexity index is 1230. The molecule has 5 atom stereocenters. The van der Waals surface area contributed by atoms with Crippen molar-refractivity contribution in [1.29, 1.82) is 0 Å². The number of pyridine rings is 1. The molecule has 3 saturated carbocycles. The summed E-state index contributed by atoms with van der Waals surface area (Å²) < 4.78 is 5.45. The topological polar surface area (TPSA) is 77.0 Å². The van der Waals surface area contributed by atoms with E-state index in [1.54, 1.807) is 14.2 Å². The average molecular weight is 530 g/mol. The lowest BCUT2D eigenvalue weighted by atomic mass is 9.44. The number of piperazine rings is 1. The third-order valence-corrected chi connectivity index (χ3v) is 10.1. The van der Waals surface area contributed by atoms with E-state index in [4.69, 9.17) is 9.72 Å². The van der Waals surface area contributed by atoms with E-state index in [1.165, 1.54) is 24.0 Å². The molecular formula is C31H43N7O. The summed E-state index contributed by atoms with van der Waals surface area (Å²) in [6.45, 7) is 11.6. The Morgan fingerprint density at radius 3 is 2.62 bits per heavy atom. The molecule has 1 aromatic carbocycles. The molecule has 1 saturated heterocycles. The standard InChI is InChI=1S/C31H43N7O/c1-20-26-16-23(31(26,2)3)17-27(20)37-12-14-38(15-13-37)36-30(32-4)35-28-9-7-22(19-34-28)29-25-18-24(39-5)8-6-21(25)10-11-33-29/h6-11,18-20,23,26-27,29,33H,12-17H2,1-5H3,(H2,32,34,35,36). The Morgan fingerprint density at radius 2 is 1.95 bits per heavy atom. The first kappa shape index (κ1) is 26.1. The predicted octanol–water partition coefficient (Wildman–Crippen LogP) is 4.34. The van der Waals surface area contributed by atoms with Gasteiger partial charge in [0.15, 0.2) is 0 Å². The van der Waals surface area contributed by atoms with Gasteiger partial charge < -0.3 is 15.4 Å². The SMILES string of the molecule is CN=C(Nc1ccc(C2NC=Cc3ccc(OC)cc32)cn1)NN1CCN(C2CC3CC(C2C)C3(C)C)CC1. The summed E-state index contributed by atoms with van der Waals surface area (Å²) in [6.07, 6.45) is 8.82. The van der Waals surface area contributed by atoms with Crippen LogP contribution >= 0.6 is 0 Å². The number of fused-ring (bicyclic) bond motifs is 3. The molecule has 4 fully saturated rings. The number of hydrogen-bond acceptors (Lipinski definition) is 6. The number of hydrogen-bond donors (Lipinski definition) is 3. The molecule has 2 aliphatic heterocycles. The number of hydrazine groups is 1. The van der Waals surface area contributed by atoms with Crippen molar-refractivity contribution in [2.75, 3.05) is 45.7 Å². The van der Waals surface area contributed by atoms with Gasteiger partial charge in [-0.25, -0.2) is 9.99 Å². The lowest BCUT2D eigenvalue weighted by molar-refractivity contribution is -0.143. The summed E-state index contributed by atoms with van der Waals surface area (Å²) in [6, 6.07) is 11.1. The second kappa shape index (κ2) is 10.5. The second-order valence-corrected chi connectivity index (χ2v) is 12.3. The molecule has 0 radical (unpaired) electrons. The van der Waals surface area contributed by atoms with Gasteiger partial charge in [0.05, 0.1) is 13.2 Å². The van der Waals surface area contributed by atoms with Gasteiger partial charge in [0, 0.05) is 45.5 Å². The van der Waals surface area contributed by atoms with Crippen LogP contribution in [0.1, 0.15) is 56.3 Å². The van der Waals surface area contributed by atoms with Crippen molar-refractivity contribution in [3.8, 4) is 5.75 Å². The minimum absolute atomic E-state index is 0.0271. The van der Waals surface area contributed by atoms with E-state index in [0.717, 1.165) is 67.1 Å². The second-order valence-electron chi connectivity index (χ2n) is 12.3. The minimum atomic E-state index is 0.0271. The normalized spacial score (nSPS) is 30.1. The number of methoxy groups -OCH3 is 1. The zero-order valence-electron chi connectivity index (χ0n) is 23.9. The van der Waals surface area contributed by atoms with Crippen LogP contribution in [0.4, 0.5) is 5.82 Å². The molecule has 0 spiro atoms. The molecule has 3 N–H and O–H groups in total. The Morgan fingerprint density at radius 1 is 1.13 bits per heavy atom. The molecule has 0 amide bonds. The minimum Gasteiger partial charge on any atom is -0.497 e. The van der Waals surface area contributed by atoms with E-state index in [0.29, 0.717) is 11.4 Å². The molecule has 8 nitrogen and oxygen atoms in total.